The number of para-hydroxylation sites is 1. The third-order valence-corrected chi connectivity index (χ3v) is 4.04. The summed E-state index contributed by atoms with van der Waals surface area (Å²) >= 11 is 6.03. The molecule has 9 nitrogen and oxygen atoms in total. The van der Waals surface area contributed by atoms with Crippen LogP contribution in [0.4, 0.5) is 17.2 Å². The summed E-state index contributed by atoms with van der Waals surface area (Å²) in [7, 11) is 1.50. The molecule has 1 aromatic heterocycles. The van der Waals surface area contributed by atoms with Crippen LogP contribution in [-0.2, 0) is 11.3 Å². The minimum atomic E-state index is -0.516. The molecule has 0 fully saturated rings. The highest BCUT2D eigenvalue weighted by Gasteiger charge is 2.19. The predicted molar refractivity (Wildman–Crippen MR) is 105 cm³/mol. The van der Waals surface area contributed by atoms with Gasteiger partial charge in [0.15, 0.2) is 11.5 Å². The summed E-state index contributed by atoms with van der Waals surface area (Å²) in [5, 5.41) is 13.2. The number of nitrogens with two attached hydrogens (primary N) is 1. The molecule has 0 bridgehead atoms. The molecule has 3 rings (SSSR count). The van der Waals surface area contributed by atoms with Crippen molar-refractivity contribution in [1.82, 2.24) is 15.0 Å². The van der Waals surface area contributed by atoms with Crippen LogP contribution in [0, 0.1) is 0 Å². The van der Waals surface area contributed by atoms with Gasteiger partial charge >= 0.3 is 0 Å². The molecule has 0 radical (unpaired) electrons. The second kappa shape index (κ2) is 8.40. The van der Waals surface area contributed by atoms with E-state index in [1.165, 1.54) is 7.11 Å². The van der Waals surface area contributed by atoms with Gasteiger partial charge in [0.2, 0.25) is 5.91 Å². The Hall–Kier alpha value is -3.59. The minimum Gasteiger partial charge on any atom is -0.495 e. The van der Waals surface area contributed by atoms with Gasteiger partial charge in [-0.05, 0) is 30.3 Å². The molecule has 0 aliphatic rings. The smallest absolute Gasteiger partial charge is 0.280 e. The number of hydrogen-bond donors (Lipinski definition) is 3. The fraction of sp³-hybridized carbons (Fsp3) is 0.111. The average molecular weight is 401 g/mol. The van der Waals surface area contributed by atoms with Crippen molar-refractivity contribution in [3.8, 4) is 5.75 Å². The number of carbonyl (C=O) groups excluding carboxylic acids is 2. The lowest BCUT2D eigenvalue weighted by Crippen LogP contribution is -2.21. The third-order valence-electron chi connectivity index (χ3n) is 3.75. The molecule has 2 amide bonds. The molecule has 0 aliphatic carbocycles. The Morgan fingerprint density at radius 1 is 1.14 bits per heavy atom. The van der Waals surface area contributed by atoms with E-state index in [4.69, 9.17) is 22.1 Å². The van der Waals surface area contributed by atoms with Crippen LogP contribution in [0.2, 0.25) is 5.02 Å². The van der Waals surface area contributed by atoms with Crippen LogP contribution < -0.4 is 21.1 Å². The summed E-state index contributed by atoms with van der Waals surface area (Å²) < 4.78 is 6.20. The van der Waals surface area contributed by atoms with Gasteiger partial charge < -0.3 is 21.1 Å². The number of nitrogen functional groups attached to an aromatic ring is 1. The van der Waals surface area contributed by atoms with Crippen LogP contribution in [0.25, 0.3) is 0 Å². The van der Waals surface area contributed by atoms with Gasteiger partial charge in [-0.25, -0.2) is 4.68 Å². The van der Waals surface area contributed by atoms with Crippen molar-refractivity contribution >= 4 is 40.6 Å². The molecule has 4 N–H and O–H groups in total. The second-order valence-electron chi connectivity index (χ2n) is 5.70. The number of halogens is 1. The monoisotopic (exact) mass is 400 g/mol. The Labute approximate surface area is 165 Å². The summed E-state index contributed by atoms with van der Waals surface area (Å²) in [5.74, 6) is -0.448. The minimum absolute atomic E-state index is 0.0173. The summed E-state index contributed by atoms with van der Waals surface area (Å²) in [4.78, 5) is 24.5. The molecule has 0 saturated heterocycles. The molecule has 1 heterocycles. The molecule has 144 valence electrons. The zero-order valence-electron chi connectivity index (χ0n) is 14.8. The first-order valence-corrected chi connectivity index (χ1v) is 8.54. The topological polar surface area (TPSA) is 124 Å². The maximum Gasteiger partial charge on any atom is 0.280 e. The number of nitrogens with zero attached hydrogens (tertiary/aromatic N) is 3. The van der Waals surface area contributed by atoms with Gasteiger partial charge in [-0.1, -0.05) is 35.0 Å². The number of amides is 2. The number of hydrogen-bond acceptors (Lipinski definition) is 6. The number of aromatic nitrogens is 3. The van der Waals surface area contributed by atoms with E-state index in [2.05, 4.69) is 20.9 Å². The number of anilines is 3. The lowest BCUT2D eigenvalue weighted by Gasteiger charge is -2.08. The molecule has 2 aromatic carbocycles. The highest BCUT2D eigenvalue weighted by molar-refractivity contribution is 6.32. The maximum absolute atomic E-state index is 12.3. The molecular weight excluding hydrogens is 384 g/mol. The number of carbonyl (C=O) groups is 2. The molecule has 3 aromatic rings. The van der Waals surface area contributed by atoms with E-state index in [-0.39, 0.29) is 18.1 Å². The fourth-order valence-corrected chi connectivity index (χ4v) is 2.65. The quantitative estimate of drug-likeness (QED) is 0.583. The first-order valence-electron chi connectivity index (χ1n) is 8.16. The molecule has 0 spiro atoms. The third kappa shape index (κ3) is 4.38. The lowest BCUT2D eigenvalue weighted by molar-refractivity contribution is -0.116. The van der Waals surface area contributed by atoms with Crippen molar-refractivity contribution in [2.45, 2.75) is 6.54 Å². The van der Waals surface area contributed by atoms with E-state index in [1.54, 1.807) is 42.5 Å². The van der Waals surface area contributed by atoms with Gasteiger partial charge in [-0.2, -0.15) is 0 Å². The van der Waals surface area contributed by atoms with E-state index in [0.29, 0.717) is 22.1 Å². The van der Waals surface area contributed by atoms with E-state index in [9.17, 15) is 9.59 Å². The van der Waals surface area contributed by atoms with Gasteiger partial charge in [0, 0.05) is 11.4 Å². The second-order valence-corrected chi connectivity index (χ2v) is 6.11. The van der Waals surface area contributed by atoms with Crippen molar-refractivity contribution in [2.24, 2.45) is 0 Å². The van der Waals surface area contributed by atoms with Gasteiger partial charge in [-0.15, -0.1) is 5.10 Å². The van der Waals surface area contributed by atoms with E-state index < -0.39 is 11.8 Å². The maximum atomic E-state index is 12.3. The van der Waals surface area contributed by atoms with Crippen molar-refractivity contribution < 1.29 is 14.3 Å². The van der Waals surface area contributed by atoms with Gasteiger partial charge in [0.1, 0.15) is 12.3 Å². The van der Waals surface area contributed by atoms with Gasteiger partial charge in [0.05, 0.1) is 12.1 Å². The molecule has 0 atom stereocenters. The Balaban J connectivity index is 1.65. The first kappa shape index (κ1) is 19.2. The number of benzene rings is 2. The van der Waals surface area contributed by atoms with E-state index >= 15 is 0 Å². The zero-order chi connectivity index (χ0) is 20.1. The molecular formula is C18H17ClN6O3. The molecule has 0 saturated carbocycles. The number of rotatable bonds is 6. The van der Waals surface area contributed by atoms with Crippen LogP contribution >= 0.6 is 11.6 Å². The standard InChI is InChI=1S/C18H17ClN6O3/c1-28-14-8-7-12(9-13(14)19)21-15(26)10-25-17(20)16(23-24-25)18(27)22-11-5-3-2-4-6-11/h2-9H,10,20H2,1H3,(H,21,26)(H,22,27). The van der Waals surface area contributed by atoms with Crippen molar-refractivity contribution in [3.05, 3.63) is 59.2 Å². The highest BCUT2D eigenvalue weighted by Crippen LogP contribution is 2.27. The van der Waals surface area contributed by atoms with Crippen LogP contribution in [-0.4, -0.2) is 33.9 Å². The van der Waals surface area contributed by atoms with Crippen molar-refractivity contribution in [2.75, 3.05) is 23.5 Å². The van der Waals surface area contributed by atoms with Crippen molar-refractivity contribution in [1.29, 1.82) is 0 Å². The summed E-state index contributed by atoms with van der Waals surface area (Å²) in [5.41, 5.74) is 6.93. The van der Waals surface area contributed by atoms with Crippen LogP contribution in [0.15, 0.2) is 48.5 Å². The number of ether oxygens (including phenoxy) is 1. The Morgan fingerprint density at radius 3 is 2.57 bits per heavy atom. The Kier molecular flexibility index (Phi) is 5.75. The van der Waals surface area contributed by atoms with E-state index in [1.807, 2.05) is 6.07 Å². The fourth-order valence-electron chi connectivity index (χ4n) is 2.39. The van der Waals surface area contributed by atoms with Crippen LogP contribution in [0.1, 0.15) is 10.5 Å². The summed E-state index contributed by atoms with van der Waals surface area (Å²) in [6, 6.07) is 13.7. The van der Waals surface area contributed by atoms with Gasteiger partial charge in [-0.3, -0.25) is 9.59 Å². The SMILES string of the molecule is COc1ccc(NC(=O)Cn2nnc(C(=O)Nc3ccccc3)c2N)cc1Cl. The highest BCUT2D eigenvalue weighted by atomic mass is 35.5. The molecule has 28 heavy (non-hydrogen) atoms. The van der Waals surface area contributed by atoms with E-state index in [0.717, 1.165) is 4.68 Å². The van der Waals surface area contributed by atoms with Crippen LogP contribution in [0.3, 0.4) is 0 Å². The summed E-state index contributed by atoms with van der Waals surface area (Å²) in [6.45, 7) is -0.221. The lowest BCUT2D eigenvalue weighted by atomic mass is 10.3. The Bertz CT molecular complexity index is 1010. The number of methoxy groups -OCH3 is 1. The van der Waals surface area contributed by atoms with Crippen LogP contribution in [0.5, 0.6) is 5.75 Å². The predicted octanol–water partition coefficient (Wildman–Crippen LogP) is 2.41. The number of nitrogens with one attached hydrogen (secondary N) is 2. The Morgan fingerprint density at radius 2 is 1.89 bits per heavy atom. The normalized spacial score (nSPS) is 10.4. The molecule has 0 unspecified atom stereocenters. The zero-order valence-corrected chi connectivity index (χ0v) is 15.6. The van der Waals surface area contributed by atoms with Gasteiger partial charge in [0.25, 0.3) is 5.91 Å². The summed E-state index contributed by atoms with van der Waals surface area (Å²) in [6.07, 6.45) is 0. The first-order chi connectivity index (χ1) is 13.5. The molecule has 10 heteroatoms. The average Bonchev–Trinajstić information content (AvgIpc) is 3.03. The largest absolute Gasteiger partial charge is 0.495 e. The van der Waals surface area contributed by atoms with Crippen molar-refractivity contribution in [3.63, 3.8) is 0 Å². The molecule has 0 aliphatic heterocycles.